The molecule has 2 heterocycles. The van der Waals surface area contributed by atoms with E-state index in [-0.39, 0.29) is 17.4 Å². The molecule has 0 radical (unpaired) electrons. The molecule has 142 valence electrons. The molecule has 1 N–H and O–H groups in total. The zero-order chi connectivity index (χ0) is 19.4. The Morgan fingerprint density at radius 2 is 2.07 bits per heavy atom. The number of carbonyl (C=O) groups excluding carboxylic acids is 1. The summed E-state index contributed by atoms with van der Waals surface area (Å²) in [5.74, 6) is -0.387. The predicted molar refractivity (Wildman–Crippen MR) is 101 cm³/mol. The number of thiophene rings is 1. The van der Waals surface area contributed by atoms with Crippen molar-refractivity contribution in [3.63, 3.8) is 0 Å². The summed E-state index contributed by atoms with van der Waals surface area (Å²) in [5.41, 5.74) is 1.22. The molecular formula is C18H16F2N2O3S2. The summed E-state index contributed by atoms with van der Waals surface area (Å²) in [6.07, 6.45) is 0. The quantitative estimate of drug-likeness (QED) is 0.612. The Labute approximate surface area is 162 Å². The van der Waals surface area contributed by atoms with Crippen LogP contribution in [-0.2, 0) is 6.54 Å². The molecule has 27 heavy (non-hydrogen) atoms. The minimum absolute atomic E-state index is 0.0697. The maximum absolute atomic E-state index is 12.4. The number of carbonyl (C=O) groups is 1. The maximum atomic E-state index is 12.4. The first-order chi connectivity index (χ1) is 13.0. The highest BCUT2D eigenvalue weighted by molar-refractivity contribution is 7.16. The van der Waals surface area contributed by atoms with Gasteiger partial charge in [0.1, 0.15) is 0 Å². The number of nitrogens with zero attached hydrogens (tertiary/aromatic N) is 1. The van der Waals surface area contributed by atoms with Crippen molar-refractivity contribution in [2.75, 3.05) is 7.11 Å². The van der Waals surface area contributed by atoms with E-state index >= 15 is 0 Å². The monoisotopic (exact) mass is 410 g/mol. The van der Waals surface area contributed by atoms with Crippen LogP contribution in [0.2, 0.25) is 0 Å². The molecule has 1 aromatic carbocycles. The zero-order valence-electron chi connectivity index (χ0n) is 14.5. The van der Waals surface area contributed by atoms with Gasteiger partial charge in [0.05, 0.1) is 29.2 Å². The van der Waals surface area contributed by atoms with Crippen molar-refractivity contribution in [1.29, 1.82) is 0 Å². The third kappa shape index (κ3) is 4.81. The van der Waals surface area contributed by atoms with Gasteiger partial charge in [-0.05, 0) is 37.3 Å². The molecule has 0 saturated heterocycles. The number of aromatic nitrogens is 1. The fourth-order valence-corrected chi connectivity index (χ4v) is 3.95. The van der Waals surface area contributed by atoms with Crippen LogP contribution in [0.4, 0.5) is 8.78 Å². The van der Waals surface area contributed by atoms with Gasteiger partial charge in [-0.25, -0.2) is 4.98 Å². The maximum Gasteiger partial charge on any atom is 0.387 e. The average Bonchev–Trinajstić information content (AvgIpc) is 3.28. The second-order valence-electron chi connectivity index (χ2n) is 5.44. The number of alkyl halides is 2. The highest BCUT2D eigenvalue weighted by atomic mass is 32.1. The van der Waals surface area contributed by atoms with Crippen molar-refractivity contribution in [3.8, 4) is 22.1 Å². The van der Waals surface area contributed by atoms with Crippen molar-refractivity contribution in [2.45, 2.75) is 20.1 Å². The van der Waals surface area contributed by atoms with Gasteiger partial charge in [0, 0.05) is 15.8 Å². The van der Waals surface area contributed by atoms with Crippen LogP contribution in [0.5, 0.6) is 11.5 Å². The normalized spacial score (nSPS) is 10.9. The van der Waals surface area contributed by atoms with E-state index in [1.165, 1.54) is 25.3 Å². The first-order valence-electron chi connectivity index (χ1n) is 7.88. The summed E-state index contributed by atoms with van der Waals surface area (Å²) < 4.78 is 34.1. The molecule has 0 atom stereocenters. The first kappa shape index (κ1) is 19.2. The number of rotatable bonds is 7. The van der Waals surface area contributed by atoms with Crippen molar-refractivity contribution < 1.29 is 23.0 Å². The Hall–Kier alpha value is -2.52. The van der Waals surface area contributed by atoms with Gasteiger partial charge >= 0.3 is 6.61 Å². The van der Waals surface area contributed by atoms with E-state index in [1.54, 1.807) is 22.7 Å². The summed E-state index contributed by atoms with van der Waals surface area (Å²) in [4.78, 5) is 18.8. The number of hydrogen-bond donors (Lipinski definition) is 1. The molecule has 5 nitrogen and oxygen atoms in total. The van der Waals surface area contributed by atoms with Gasteiger partial charge in [-0.1, -0.05) is 0 Å². The van der Waals surface area contributed by atoms with Gasteiger partial charge in [0.25, 0.3) is 5.91 Å². The number of amides is 1. The van der Waals surface area contributed by atoms with E-state index in [2.05, 4.69) is 15.0 Å². The standard InChI is InChI=1S/C18H16F2N2O3S2/c1-10-22-13(9-26-10)16-6-4-12(27-16)8-21-17(23)11-3-5-14(25-18(19)20)15(7-11)24-2/h3-7,9,18H,8H2,1-2H3,(H,21,23). The van der Waals surface area contributed by atoms with E-state index in [9.17, 15) is 13.6 Å². The van der Waals surface area contributed by atoms with Crippen LogP contribution in [0.3, 0.4) is 0 Å². The molecular weight excluding hydrogens is 394 g/mol. The fraction of sp³-hybridized carbons (Fsp3) is 0.222. The van der Waals surface area contributed by atoms with Gasteiger partial charge in [-0.3, -0.25) is 4.79 Å². The topological polar surface area (TPSA) is 60.5 Å². The second-order valence-corrected chi connectivity index (χ2v) is 7.68. The van der Waals surface area contributed by atoms with E-state index in [0.29, 0.717) is 12.1 Å². The zero-order valence-corrected chi connectivity index (χ0v) is 16.1. The molecule has 3 rings (SSSR count). The number of ether oxygens (including phenoxy) is 2. The number of methoxy groups -OCH3 is 1. The number of nitrogens with one attached hydrogen (secondary N) is 1. The van der Waals surface area contributed by atoms with Crippen molar-refractivity contribution >= 4 is 28.6 Å². The van der Waals surface area contributed by atoms with Gasteiger partial charge in [0.2, 0.25) is 0 Å². The van der Waals surface area contributed by atoms with Crippen molar-refractivity contribution in [2.24, 2.45) is 0 Å². The van der Waals surface area contributed by atoms with Crippen LogP contribution in [-0.4, -0.2) is 24.6 Å². The number of halogens is 2. The van der Waals surface area contributed by atoms with Gasteiger partial charge < -0.3 is 14.8 Å². The highest BCUT2D eigenvalue weighted by Crippen LogP contribution is 2.30. The molecule has 2 aromatic heterocycles. The van der Waals surface area contributed by atoms with Gasteiger partial charge in [-0.2, -0.15) is 8.78 Å². The smallest absolute Gasteiger partial charge is 0.387 e. The largest absolute Gasteiger partial charge is 0.493 e. The molecule has 0 aliphatic carbocycles. The Bertz CT molecular complexity index is 940. The molecule has 0 saturated carbocycles. The van der Waals surface area contributed by atoms with Crippen LogP contribution in [0.25, 0.3) is 10.6 Å². The molecule has 0 unspecified atom stereocenters. The summed E-state index contributed by atoms with van der Waals surface area (Å²) >= 11 is 3.14. The van der Waals surface area contributed by atoms with E-state index in [1.807, 2.05) is 24.4 Å². The lowest BCUT2D eigenvalue weighted by Crippen LogP contribution is -2.22. The first-order valence-corrected chi connectivity index (χ1v) is 9.58. The Kier molecular flexibility index (Phi) is 6.02. The van der Waals surface area contributed by atoms with Gasteiger partial charge in [0.15, 0.2) is 11.5 Å². The molecule has 0 aliphatic heterocycles. The Morgan fingerprint density at radius 3 is 2.74 bits per heavy atom. The summed E-state index contributed by atoms with van der Waals surface area (Å²) in [7, 11) is 1.32. The van der Waals surface area contributed by atoms with Crippen molar-refractivity contribution in [1.82, 2.24) is 10.3 Å². The second kappa shape index (κ2) is 8.45. The molecule has 9 heteroatoms. The van der Waals surface area contributed by atoms with Crippen LogP contribution >= 0.6 is 22.7 Å². The molecule has 0 fully saturated rings. The number of aryl methyl sites for hydroxylation is 1. The molecule has 0 spiro atoms. The molecule has 3 aromatic rings. The SMILES string of the molecule is COc1cc(C(=O)NCc2ccc(-c3csc(C)n3)s2)ccc1OC(F)F. The molecule has 0 aliphatic rings. The molecule has 0 bridgehead atoms. The minimum atomic E-state index is -2.96. The van der Waals surface area contributed by atoms with Gasteiger partial charge in [-0.15, -0.1) is 22.7 Å². The lowest BCUT2D eigenvalue weighted by atomic mass is 10.2. The Morgan fingerprint density at radius 1 is 1.26 bits per heavy atom. The van der Waals surface area contributed by atoms with E-state index in [0.717, 1.165) is 20.5 Å². The van der Waals surface area contributed by atoms with Crippen molar-refractivity contribution in [3.05, 3.63) is 51.2 Å². The van der Waals surface area contributed by atoms with Crippen LogP contribution in [0.15, 0.2) is 35.7 Å². The molecule has 1 amide bonds. The average molecular weight is 410 g/mol. The third-order valence-corrected chi connectivity index (χ3v) is 5.48. The fourth-order valence-electron chi connectivity index (χ4n) is 2.36. The minimum Gasteiger partial charge on any atom is -0.493 e. The highest BCUT2D eigenvalue weighted by Gasteiger charge is 2.14. The lowest BCUT2D eigenvalue weighted by molar-refractivity contribution is -0.0512. The van der Waals surface area contributed by atoms with E-state index in [4.69, 9.17) is 4.74 Å². The summed E-state index contributed by atoms with van der Waals surface area (Å²) in [6, 6.07) is 7.97. The lowest BCUT2D eigenvalue weighted by Gasteiger charge is -2.11. The predicted octanol–water partition coefficient (Wildman–Crippen LogP) is 4.72. The van der Waals surface area contributed by atoms with E-state index < -0.39 is 6.61 Å². The number of thiazole rings is 1. The number of benzene rings is 1. The summed E-state index contributed by atoms with van der Waals surface area (Å²) in [5, 5.41) is 5.81. The van der Waals surface area contributed by atoms with Crippen LogP contribution in [0.1, 0.15) is 20.2 Å². The van der Waals surface area contributed by atoms with Crippen LogP contribution in [0, 0.1) is 6.92 Å². The summed E-state index contributed by atoms with van der Waals surface area (Å²) in [6.45, 7) is -0.660. The van der Waals surface area contributed by atoms with Crippen LogP contribution < -0.4 is 14.8 Å². The Balaban J connectivity index is 1.65. The number of hydrogen-bond acceptors (Lipinski definition) is 6. The third-order valence-electron chi connectivity index (χ3n) is 3.60.